The van der Waals surface area contributed by atoms with E-state index in [4.69, 9.17) is 23.7 Å². The van der Waals surface area contributed by atoms with Crippen LogP contribution in [0, 0.1) is 28.6 Å². The first-order valence-corrected chi connectivity index (χ1v) is 14.9. The summed E-state index contributed by atoms with van der Waals surface area (Å²) in [6.45, 7) is 7.18. The fourth-order valence-electron chi connectivity index (χ4n) is 10.6. The van der Waals surface area contributed by atoms with Gasteiger partial charge in [-0.3, -0.25) is 0 Å². The molecule has 0 radical (unpaired) electrons. The van der Waals surface area contributed by atoms with E-state index in [2.05, 4.69) is 13.8 Å². The molecule has 0 amide bonds. The summed E-state index contributed by atoms with van der Waals surface area (Å²) in [4.78, 5) is 11.8. The predicted molar refractivity (Wildman–Crippen MR) is 136 cm³/mol. The van der Waals surface area contributed by atoms with Crippen molar-refractivity contribution in [3.63, 3.8) is 0 Å². The average Bonchev–Trinajstić information content (AvgIpc) is 3.20. The smallest absolute Gasteiger partial charge is 0.331 e. The molecule has 38 heavy (non-hydrogen) atoms. The van der Waals surface area contributed by atoms with E-state index in [0.717, 1.165) is 51.4 Å². The Hall–Kier alpha value is -1.03. The zero-order valence-corrected chi connectivity index (χ0v) is 23.2. The normalized spacial score (nSPS) is 57.3. The minimum absolute atomic E-state index is 0.0207. The zero-order valence-electron chi connectivity index (χ0n) is 23.2. The van der Waals surface area contributed by atoms with Gasteiger partial charge in [0.1, 0.15) is 36.1 Å². The summed E-state index contributed by atoms with van der Waals surface area (Å²) in [6.07, 6.45) is 7.59. The molecule has 0 aromatic carbocycles. The molecule has 0 unspecified atom stereocenters. The zero-order chi connectivity index (χ0) is 26.7. The molecular formula is C30H44O8. The summed E-state index contributed by atoms with van der Waals surface area (Å²) >= 11 is 0. The molecule has 0 aromatic rings. The molecule has 3 heterocycles. The Bertz CT molecular complexity index is 1030. The van der Waals surface area contributed by atoms with Crippen LogP contribution in [-0.4, -0.2) is 77.9 Å². The second-order valence-corrected chi connectivity index (χ2v) is 13.9. The van der Waals surface area contributed by atoms with Crippen molar-refractivity contribution in [2.45, 2.75) is 127 Å². The van der Waals surface area contributed by atoms with Crippen molar-refractivity contribution >= 4 is 5.97 Å². The quantitative estimate of drug-likeness (QED) is 0.323. The van der Waals surface area contributed by atoms with Crippen LogP contribution in [0.4, 0.5) is 0 Å². The summed E-state index contributed by atoms with van der Waals surface area (Å²) in [5, 5.41) is 21.1. The topological polar surface area (TPSA) is 107 Å². The second-order valence-electron chi connectivity index (χ2n) is 13.9. The largest absolute Gasteiger partial charge is 0.458 e. The summed E-state index contributed by atoms with van der Waals surface area (Å²) in [7, 11) is 1.50. The monoisotopic (exact) mass is 532 g/mol. The van der Waals surface area contributed by atoms with Crippen molar-refractivity contribution < 1.29 is 38.7 Å². The van der Waals surface area contributed by atoms with Crippen LogP contribution in [0.25, 0.3) is 0 Å². The first kappa shape index (κ1) is 25.9. The van der Waals surface area contributed by atoms with E-state index >= 15 is 0 Å². The van der Waals surface area contributed by atoms with Crippen molar-refractivity contribution in [1.29, 1.82) is 0 Å². The number of aliphatic hydroxyl groups excluding tert-OH is 2. The number of epoxide rings is 1. The molecule has 0 aromatic heterocycles. The third-order valence-corrected chi connectivity index (χ3v) is 12.6. The van der Waals surface area contributed by atoms with Crippen LogP contribution >= 0.6 is 0 Å². The summed E-state index contributed by atoms with van der Waals surface area (Å²) in [6, 6.07) is 0. The summed E-state index contributed by atoms with van der Waals surface area (Å²) in [5.41, 5.74) is 1.36. The summed E-state index contributed by atoms with van der Waals surface area (Å²) < 4.78 is 30.0. The number of hydrogen-bond acceptors (Lipinski definition) is 8. The van der Waals surface area contributed by atoms with Gasteiger partial charge in [-0.15, -0.1) is 0 Å². The average molecular weight is 533 g/mol. The Morgan fingerprint density at radius 3 is 2.58 bits per heavy atom. The molecule has 3 aliphatic heterocycles. The number of ether oxygens (including phenoxy) is 5. The van der Waals surface area contributed by atoms with Gasteiger partial charge in [0.25, 0.3) is 0 Å². The molecule has 4 saturated carbocycles. The molecule has 8 nitrogen and oxygen atoms in total. The Morgan fingerprint density at radius 2 is 1.84 bits per heavy atom. The van der Waals surface area contributed by atoms with Crippen LogP contribution in [0.3, 0.4) is 0 Å². The van der Waals surface area contributed by atoms with Crippen LogP contribution < -0.4 is 0 Å². The van der Waals surface area contributed by atoms with E-state index in [0.29, 0.717) is 24.4 Å². The number of carbonyl (C=O) groups is 1. The molecule has 13 atom stereocenters. The first-order chi connectivity index (χ1) is 18.1. The van der Waals surface area contributed by atoms with Gasteiger partial charge in [0.15, 0.2) is 6.29 Å². The van der Waals surface area contributed by atoms with E-state index in [-0.39, 0.29) is 34.1 Å². The van der Waals surface area contributed by atoms with Crippen molar-refractivity contribution in [2.24, 2.45) is 28.6 Å². The molecule has 0 bridgehead atoms. The number of aliphatic hydroxyl groups is 2. The van der Waals surface area contributed by atoms with Gasteiger partial charge in [-0.05, 0) is 93.5 Å². The highest BCUT2D eigenvalue weighted by Crippen LogP contribution is 2.81. The molecule has 2 saturated heterocycles. The minimum atomic E-state index is -1.02. The van der Waals surface area contributed by atoms with Crippen LogP contribution in [-0.2, 0) is 28.5 Å². The van der Waals surface area contributed by atoms with Gasteiger partial charge in [-0.1, -0.05) is 13.8 Å². The van der Waals surface area contributed by atoms with Crippen LogP contribution in [0.2, 0.25) is 0 Å². The van der Waals surface area contributed by atoms with Gasteiger partial charge in [-0.25, -0.2) is 4.79 Å². The molecule has 7 aliphatic rings. The third kappa shape index (κ3) is 3.22. The lowest BCUT2D eigenvalue weighted by atomic mass is 9.44. The van der Waals surface area contributed by atoms with Crippen molar-refractivity contribution in [3.8, 4) is 0 Å². The maximum atomic E-state index is 11.8. The first-order valence-electron chi connectivity index (χ1n) is 14.9. The highest BCUT2D eigenvalue weighted by Gasteiger charge is 2.86. The molecule has 2 spiro atoms. The van der Waals surface area contributed by atoms with Crippen LogP contribution in [0.1, 0.15) is 78.6 Å². The highest BCUT2D eigenvalue weighted by atomic mass is 16.7. The van der Waals surface area contributed by atoms with E-state index in [1.807, 2.05) is 0 Å². The van der Waals surface area contributed by atoms with Crippen LogP contribution in [0.15, 0.2) is 11.6 Å². The van der Waals surface area contributed by atoms with E-state index < -0.39 is 30.7 Å². The maximum absolute atomic E-state index is 11.8. The number of methoxy groups -OCH3 is 1. The molecule has 7 rings (SSSR count). The van der Waals surface area contributed by atoms with Gasteiger partial charge in [0.05, 0.1) is 12.2 Å². The number of fused-ring (bicyclic) bond motifs is 2. The highest BCUT2D eigenvalue weighted by molar-refractivity contribution is 5.85. The minimum Gasteiger partial charge on any atom is -0.458 e. The van der Waals surface area contributed by atoms with E-state index in [9.17, 15) is 15.0 Å². The van der Waals surface area contributed by atoms with Crippen molar-refractivity contribution in [1.82, 2.24) is 0 Å². The maximum Gasteiger partial charge on any atom is 0.331 e. The fourth-order valence-corrected chi connectivity index (χ4v) is 10.6. The number of rotatable bonds is 4. The molecular weight excluding hydrogens is 488 g/mol. The van der Waals surface area contributed by atoms with Crippen molar-refractivity contribution in [3.05, 3.63) is 11.6 Å². The Balaban J connectivity index is 1.07. The lowest BCUT2D eigenvalue weighted by molar-refractivity contribution is -0.312. The standard InChI is InChI=1S/C30H44O8/c1-16-23(32)25(34-4)24(33)26(36-16)37-19-6-9-27(2)18(14-19)5-11-29-21(27)8-10-28(3)20(7-12-30(28,29)38-29)17-13-22(31)35-15-17/h13,16,18-21,23-26,32-33H,5-12,14-15H2,1-4H3/t16-,18-,19+,20-,21-,23+,24-,25+,26+,27+,28-,29+,30-/m1/s1. The number of hydrogen-bond donors (Lipinski definition) is 2. The Kier molecular flexibility index (Phi) is 5.79. The molecule has 8 heteroatoms. The van der Waals surface area contributed by atoms with E-state index in [1.165, 1.54) is 19.1 Å². The van der Waals surface area contributed by atoms with Gasteiger partial charge < -0.3 is 33.9 Å². The Labute approximate surface area is 225 Å². The van der Waals surface area contributed by atoms with Gasteiger partial charge in [-0.2, -0.15) is 0 Å². The van der Waals surface area contributed by atoms with Gasteiger partial charge in [0, 0.05) is 18.6 Å². The van der Waals surface area contributed by atoms with Gasteiger partial charge >= 0.3 is 5.97 Å². The lowest BCUT2D eigenvalue weighted by Crippen LogP contribution is -2.60. The Morgan fingerprint density at radius 1 is 1.03 bits per heavy atom. The van der Waals surface area contributed by atoms with Crippen molar-refractivity contribution in [2.75, 3.05) is 13.7 Å². The van der Waals surface area contributed by atoms with Gasteiger partial charge in [0.2, 0.25) is 0 Å². The third-order valence-electron chi connectivity index (χ3n) is 12.6. The molecule has 2 N–H and O–H groups in total. The second kappa shape index (κ2) is 8.49. The number of esters is 1. The summed E-state index contributed by atoms with van der Waals surface area (Å²) in [5.74, 6) is 1.28. The number of carbonyl (C=O) groups excluding carboxylic acids is 1. The fraction of sp³-hybridized carbons (Fsp3) is 0.900. The van der Waals surface area contributed by atoms with Crippen LogP contribution in [0.5, 0.6) is 0 Å². The molecule has 6 fully saturated rings. The predicted octanol–water partition coefficient (Wildman–Crippen LogP) is 3.27. The molecule has 212 valence electrons. The SMILES string of the molecule is CO[C@H]1[C@@H](O)[C@@H](C)O[C@@H](O[C@H]2CC[C@@]3(C)[C@H](CC[C@@]45O[C@@]46CC[C@H](C4=CC(=O)OC4)[C@@]6(C)CC[C@H]35)C2)[C@@H]1O. The lowest BCUT2D eigenvalue weighted by Gasteiger charge is -2.58. The van der Waals surface area contributed by atoms with E-state index in [1.54, 1.807) is 13.0 Å². The molecule has 4 aliphatic carbocycles. The number of cyclic esters (lactones) is 1.